The van der Waals surface area contributed by atoms with Gasteiger partial charge >= 0.3 is 0 Å². The second-order valence-corrected chi connectivity index (χ2v) is 6.37. The molecule has 0 amide bonds. The lowest BCUT2D eigenvalue weighted by Crippen LogP contribution is -2.42. The highest BCUT2D eigenvalue weighted by Gasteiger charge is 2.31. The van der Waals surface area contributed by atoms with E-state index in [1.54, 1.807) is 0 Å². The fraction of sp³-hybridized carbons (Fsp3) is 0.647. The predicted molar refractivity (Wildman–Crippen MR) is 84.8 cm³/mol. The van der Waals surface area contributed by atoms with E-state index in [1.165, 1.54) is 18.4 Å². The molecule has 1 atom stereocenters. The van der Waals surface area contributed by atoms with Crippen LogP contribution in [0, 0.1) is 11.3 Å². The second kappa shape index (κ2) is 7.53. The zero-order valence-corrected chi connectivity index (χ0v) is 13.2. The highest BCUT2D eigenvalue weighted by Crippen LogP contribution is 2.24. The Bertz CT molecular complexity index is 463. The highest BCUT2D eigenvalue weighted by molar-refractivity contribution is 5.10. The van der Waals surface area contributed by atoms with Crippen molar-refractivity contribution >= 4 is 0 Å². The zero-order chi connectivity index (χ0) is 15.1. The smallest absolute Gasteiger partial charge is 0.104 e. The lowest BCUT2D eigenvalue weighted by molar-refractivity contribution is 0.306. The summed E-state index contributed by atoms with van der Waals surface area (Å²) in [7, 11) is 2.15. The fourth-order valence-electron chi connectivity index (χ4n) is 2.52. The number of aromatic nitrogens is 1. The summed E-state index contributed by atoms with van der Waals surface area (Å²) in [6, 6.07) is 7.17. The summed E-state index contributed by atoms with van der Waals surface area (Å²) in [4.78, 5) is 6.38. The van der Waals surface area contributed by atoms with Crippen LogP contribution >= 0.6 is 0 Å². The first-order valence-electron chi connectivity index (χ1n) is 7.88. The van der Waals surface area contributed by atoms with Crippen LogP contribution in [-0.2, 0) is 6.42 Å². The molecule has 1 heterocycles. The number of nitrogens with one attached hydrogen (secondary N) is 1. The average molecular weight is 286 g/mol. The Morgan fingerprint density at radius 3 is 2.71 bits per heavy atom. The fourth-order valence-corrected chi connectivity index (χ4v) is 2.52. The van der Waals surface area contributed by atoms with E-state index in [4.69, 9.17) is 0 Å². The summed E-state index contributed by atoms with van der Waals surface area (Å²) in [6.45, 7) is 4.11. The van der Waals surface area contributed by atoms with Crippen LogP contribution in [0.2, 0.25) is 0 Å². The number of hydrogen-bond acceptors (Lipinski definition) is 4. The van der Waals surface area contributed by atoms with Crippen LogP contribution in [-0.4, -0.2) is 41.6 Å². The van der Waals surface area contributed by atoms with Crippen LogP contribution in [0.5, 0.6) is 0 Å². The molecule has 0 aromatic carbocycles. The van der Waals surface area contributed by atoms with Gasteiger partial charge in [0.05, 0.1) is 6.07 Å². The summed E-state index contributed by atoms with van der Waals surface area (Å²) in [5.74, 6) is 0. The predicted octanol–water partition coefficient (Wildman–Crippen LogP) is 2.37. The van der Waals surface area contributed by atoms with E-state index in [-0.39, 0.29) is 5.54 Å². The molecule has 0 aliphatic heterocycles. The van der Waals surface area contributed by atoms with E-state index < -0.39 is 0 Å². The van der Waals surface area contributed by atoms with Gasteiger partial charge in [-0.2, -0.15) is 5.26 Å². The molecule has 4 nitrogen and oxygen atoms in total. The van der Waals surface area contributed by atoms with E-state index in [0.717, 1.165) is 32.4 Å². The largest absolute Gasteiger partial charge is 0.306 e. The Morgan fingerprint density at radius 2 is 2.10 bits per heavy atom. The molecule has 1 saturated carbocycles. The number of nitrogens with zero attached hydrogens (tertiary/aromatic N) is 3. The Morgan fingerprint density at radius 1 is 1.38 bits per heavy atom. The minimum Gasteiger partial charge on any atom is -0.306 e. The van der Waals surface area contributed by atoms with Crippen molar-refractivity contribution in [3.8, 4) is 6.07 Å². The van der Waals surface area contributed by atoms with Gasteiger partial charge in [0.2, 0.25) is 0 Å². The lowest BCUT2D eigenvalue weighted by Gasteiger charge is -2.24. The van der Waals surface area contributed by atoms with Crippen molar-refractivity contribution in [2.24, 2.45) is 0 Å². The Balaban J connectivity index is 1.64. The highest BCUT2D eigenvalue weighted by atomic mass is 15.1. The minimum atomic E-state index is -0.354. The zero-order valence-electron chi connectivity index (χ0n) is 13.2. The SMILES string of the molecule is CN(CCCC(C)(C#N)NC1CC1)CCc1ccncc1. The Hall–Kier alpha value is -1.44. The number of rotatable bonds is 9. The van der Waals surface area contributed by atoms with E-state index in [2.05, 4.69) is 40.5 Å². The molecule has 2 rings (SSSR count). The molecule has 0 radical (unpaired) electrons. The molecule has 1 aromatic rings. The third-order valence-corrected chi connectivity index (χ3v) is 4.09. The number of hydrogen-bond donors (Lipinski definition) is 1. The molecule has 1 aromatic heterocycles. The monoisotopic (exact) mass is 286 g/mol. The molecule has 1 fully saturated rings. The second-order valence-electron chi connectivity index (χ2n) is 6.37. The average Bonchev–Trinajstić information content (AvgIpc) is 3.30. The normalized spacial score (nSPS) is 17.4. The van der Waals surface area contributed by atoms with Gasteiger partial charge in [-0.05, 0) is 70.3 Å². The van der Waals surface area contributed by atoms with E-state index in [1.807, 2.05) is 19.3 Å². The first-order chi connectivity index (χ1) is 10.1. The molecular formula is C17H26N4. The summed E-state index contributed by atoms with van der Waals surface area (Å²) in [6.07, 6.45) is 9.16. The first-order valence-corrected chi connectivity index (χ1v) is 7.88. The van der Waals surface area contributed by atoms with Gasteiger partial charge in [0.1, 0.15) is 5.54 Å². The molecule has 0 bridgehead atoms. The van der Waals surface area contributed by atoms with E-state index >= 15 is 0 Å². The molecule has 21 heavy (non-hydrogen) atoms. The number of likely N-dealkylation sites (N-methyl/N-ethyl adjacent to an activating group) is 1. The topological polar surface area (TPSA) is 52.0 Å². The molecule has 1 N–H and O–H groups in total. The van der Waals surface area contributed by atoms with Crippen molar-refractivity contribution in [3.63, 3.8) is 0 Å². The van der Waals surface area contributed by atoms with Crippen molar-refractivity contribution in [3.05, 3.63) is 30.1 Å². The van der Waals surface area contributed by atoms with Crippen molar-refractivity contribution in [2.75, 3.05) is 20.1 Å². The maximum atomic E-state index is 9.35. The van der Waals surface area contributed by atoms with Gasteiger partial charge in [-0.1, -0.05) is 0 Å². The van der Waals surface area contributed by atoms with Gasteiger partial charge < -0.3 is 4.90 Å². The van der Waals surface area contributed by atoms with Gasteiger partial charge in [0, 0.05) is 25.0 Å². The molecule has 4 heteroatoms. The standard InChI is InChI=1S/C17H26N4/c1-17(14-18,20-16-4-5-16)9-3-12-21(2)13-8-15-6-10-19-11-7-15/h6-7,10-11,16,20H,3-5,8-9,12-13H2,1-2H3. The summed E-state index contributed by atoms with van der Waals surface area (Å²) in [5.41, 5.74) is 0.974. The van der Waals surface area contributed by atoms with Crippen LogP contribution < -0.4 is 5.32 Å². The van der Waals surface area contributed by atoms with Gasteiger partial charge in [-0.25, -0.2) is 0 Å². The molecule has 1 aliphatic carbocycles. The molecule has 0 spiro atoms. The molecule has 1 unspecified atom stereocenters. The van der Waals surface area contributed by atoms with Gasteiger partial charge in [-0.15, -0.1) is 0 Å². The maximum Gasteiger partial charge on any atom is 0.104 e. The summed E-state index contributed by atoms with van der Waals surface area (Å²) < 4.78 is 0. The maximum absolute atomic E-state index is 9.35. The molecular weight excluding hydrogens is 260 g/mol. The lowest BCUT2D eigenvalue weighted by atomic mass is 9.97. The van der Waals surface area contributed by atoms with Crippen molar-refractivity contribution in [1.29, 1.82) is 5.26 Å². The van der Waals surface area contributed by atoms with Gasteiger partial charge in [-0.3, -0.25) is 10.3 Å². The van der Waals surface area contributed by atoms with E-state index in [0.29, 0.717) is 6.04 Å². The Kier molecular flexibility index (Phi) is 5.72. The summed E-state index contributed by atoms with van der Waals surface area (Å²) in [5, 5.41) is 12.8. The van der Waals surface area contributed by atoms with Crippen LogP contribution in [0.4, 0.5) is 0 Å². The van der Waals surface area contributed by atoms with Crippen LogP contribution in [0.1, 0.15) is 38.2 Å². The molecule has 1 aliphatic rings. The van der Waals surface area contributed by atoms with Gasteiger partial charge in [0.25, 0.3) is 0 Å². The third kappa shape index (κ3) is 5.82. The van der Waals surface area contributed by atoms with Gasteiger partial charge in [0.15, 0.2) is 0 Å². The first kappa shape index (κ1) is 15.9. The quantitative estimate of drug-likeness (QED) is 0.757. The number of nitriles is 1. The van der Waals surface area contributed by atoms with Crippen molar-refractivity contribution in [1.82, 2.24) is 15.2 Å². The van der Waals surface area contributed by atoms with Crippen LogP contribution in [0.15, 0.2) is 24.5 Å². The Labute approximate surface area is 128 Å². The minimum absolute atomic E-state index is 0.354. The van der Waals surface area contributed by atoms with Crippen LogP contribution in [0.25, 0.3) is 0 Å². The van der Waals surface area contributed by atoms with Crippen LogP contribution in [0.3, 0.4) is 0 Å². The van der Waals surface area contributed by atoms with E-state index in [9.17, 15) is 5.26 Å². The molecule has 0 saturated heterocycles. The third-order valence-electron chi connectivity index (χ3n) is 4.09. The summed E-state index contributed by atoms with van der Waals surface area (Å²) >= 11 is 0. The van der Waals surface area contributed by atoms with Crippen molar-refractivity contribution < 1.29 is 0 Å². The number of pyridine rings is 1. The molecule has 114 valence electrons. The van der Waals surface area contributed by atoms with Crippen molar-refractivity contribution in [2.45, 2.75) is 50.6 Å².